The highest BCUT2D eigenvalue weighted by Crippen LogP contribution is 2.02. The van der Waals surface area contributed by atoms with Gasteiger partial charge in [0.05, 0.1) is 12.2 Å². The molecule has 8 nitrogen and oxygen atoms in total. The van der Waals surface area contributed by atoms with Gasteiger partial charge in [-0.3, -0.25) is 14.4 Å². The third-order valence-electron chi connectivity index (χ3n) is 2.18. The van der Waals surface area contributed by atoms with Crippen LogP contribution in [0.15, 0.2) is 0 Å². The van der Waals surface area contributed by atoms with E-state index in [-0.39, 0.29) is 31.6 Å². The van der Waals surface area contributed by atoms with E-state index in [1.807, 2.05) is 0 Å². The van der Waals surface area contributed by atoms with E-state index in [0.29, 0.717) is 0 Å². The minimum Gasteiger partial charge on any atom is -0.481 e. The highest BCUT2D eigenvalue weighted by atomic mass is 32.2. The average Bonchev–Trinajstić information content (AvgIpc) is 2.21. The lowest BCUT2D eigenvalue weighted by Gasteiger charge is -2.19. The maximum absolute atomic E-state index is 11.7. The predicted octanol–water partition coefficient (Wildman–Crippen LogP) is -0.801. The Morgan fingerprint density at radius 2 is 1.63 bits per heavy atom. The molecule has 0 radical (unpaired) electrons. The van der Waals surface area contributed by atoms with Crippen LogP contribution in [0.4, 0.5) is 0 Å². The third kappa shape index (κ3) is 10.0. The predicted molar refractivity (Wildman–Crippen MR) is 65.4 cm³/mol. The van der Waals surface area contributed by atoms with Crippen molar-refractivity contribution in [1.82, 2.24) is 4.90 Å². The Labute approximate surface area is 110 Å². The van der Waals surface area contributed by atoms with Gasteiger partial charge >= 0.3 is 11.9 Å². The van der Waals surface area contributed by atoms with Crippen molar-refractivity contribution in [2.75, 3.05) is 25.1 Å². The van der Waals surface area contributed by atoms with Gasteiger partial charge in [0.15, 0.2) is 0 Å². The van der Waals surface area contributed by atoms with Crippen molar-refractivity contribution in [3.8, 4) is 0 Å². The zero-order chi connectivity index (χ0) is 15.1. The van der Waals surface area contributed by atoms with Crippen molar-refractivity contribution in [2.45, 2.75) is 19.3 Å². The lowest BCUT2D eigenvalue weighted by atomic mass is 10.2. The number of carbonyl (C=O) groups is 3. The first-order valence-corrected chi connectivity index (χ1v) is 7.57. The number of carboxylic acid groups (broad SMARTS) is 2. The summed E-state index contributed by atoms with van der Waals surface area (Å²) in [6.45, 7) is -0.801. The molecule has 0 aromatic carbocycles. The summed E-state index contributed by atoms with van der Waals surface area (Å²) < 4.78 is 21.8. The standard InChI is InChI=1S/C10H17NO7S/c1-19(17,18)6-2-3-8(12)11(7-10(15)16)5-4-9(13)14/h2-7H2,1H3,(H,13,14)(H,15,16). The third-order valence-corrected chi connectivity index (χ3v) is 3.21. The second-order valence-electron chi connectivity index (χ2n) is 4.09. The SMILES string of the molecule is CS(=O)(=O)CCCC(=O)N(CCC(=O)O)CC(=O)O. The van der Waals surface area contributed by atoms with Crippen LogP contribution < -0.4 is 0 Å². The fourth-order valence-electron chi connectivity index (χ4n) is 1.33. The fourth-order valence-corrected chi connectivity index (χ4v) is 2.00. The normalized spacial score (nSPS) is 11.0. The smallest absolute Gasteiger partial charge is 0.323 e. The second kappa shape index (κ2) is 7.72. The van der Waals surface area contributed by atoms with Crippen LogP contribution in [-0.2, 0) is 24.2 Å². The van der Waals surface area contributed by atoms with Crippen molar-refractivity contribution in [3.63, 3.8) is 0 Å². The van der Waals surface area contributed by atoms with Crippen molar-refractivity contribution in [2.24, 2.45) is 0 Å². The summed E-state index contributed by atoms with van der Waals surface area (Å²) in [5.41, 5.74) is 0. The van der Waals surface area contributed by atoms with E-state index in [0.717, 1.165) is 11.2 Å². The Hall–Kier alpha value is -1.64. The number of amides is 1. The summed E-state index contributed by atoms with van der Waals surface area (Å²) in [6.07, 6.45) is 0.642. The van der Waals surface area contributed by atoms with Gasteiger partial charge < -0.3 is 15.1 Å². The largest absolute Gasteiger partial charge is 0.481 e. The van der Waals surface area contributed by atoms with Gasteiger partial charge in [0.25, 0.3) is 0 Å². The number of hydrogen-bond acceptors (Lipinski definition) is 5. The van der Waals surface area contributed by atoms with E-state index in [1.54, 1.807) is 0 Å². The minimum atomic E-state index is -3.18. The van der Waals surface area contributed by atoms with Crippen LogP contribution in [-0.4, -0.2) is 66.5 Å². The highest BCUT2D eigenvalue weighted by molar-refractivity contribution is 7.90. The quantitative estimate of drug-likeness (QED) is 0.569. The molecule has 110 valence electrons. The Morgan fingerprint density at radius 3 is 2.05 bits per heavy atom. The van der Waals surface area contributed by atoms with Gasteiger partial charge in [-0.15, -0.1) is 0 Å². The lowest BCUT2D eigenvalue weighted by Crippen LogP contribution is -2.37. The number of aliphatic carboxylic acids is 2. The van der Waals surface area contributed by atoms with Crippen LogP contribution in [0.1, 0.15) is 19.3 Å². The van der Waals surface area contributed by atoms with Crippen LogP contribution in [0.25, 0.3) is 0 Å². The number of hydrogen-bond donors (Lipinski definition) is 2. The van der Waals surface area contributed by atoms with Crippen molar-refractivity contribution in [1.29, 1.82) is 0 Å². The Bertz CT molecular complexity index is 443. The van der Waals surface area contributed by atoms with Crippen LogP contribution >= 0.6 is 0 Å². The van der Waals surface area contributed by atoms with Crippen molar-refractivity contribution in [3.05, 3.63) is 0 Å². The molecular weight excluding hydrogens is 278 g/mol. The van der Waals surface area contributed by atoms with Gasteiger partial charge in [-0.2, -0.15) is 0 Å². The molecule has 0 saturated carbocycles. The number of nitrogens with zero attached hydrogens (tertiary/aromatic N) is 1. The average molecular weight is 295 g/mol. The van der Waals surface area contributed by atoms with Gasteiger partial charge in [-0.1, -0.05) is 0 Å². The number of rotatable bonds is 9. The summed E-state index contributed by atoms with van der Waals surface area (Å²) in [4.78, 5) is 33.5. The Balaban J connectivity index is 4.36. The molecule has 19 heavy (non-hydrogen) atoms. The van der Waals surface area contributed by atoms with E-state index in [4.69, 9.17) is 10.2 Å². The summed E-state index contributed by atoms with van der Waals surface area (Å²) in [6, 6.07) is 0. The summed E-state index contributed by atoms with van der Waals surface area (Å²) in [5, 5.41) is 17.1. The topological polar surface area (TPSA) is 129 Å². The van der Waals surface area contributed by atoms with E-state index in [1.165, 1.54) is 0 Å². The Kier molecular flexibility index (Phi) is 7.05. The molecule has 2 N–H and O–H groups in total. The molecule has 0 aliphatic heterocycles. The van der Waals surface area contributed by atoms with Crippen LogP contribution in [0.3, 0.4) is 0 Å². The van der Waals surface area contributed by atoms with Gasteiger partial charge in [-0.05, 0) is 6.42 Å². The van der Waals surface area contributed by atoms with E-state index >= 15 is 0 Å². The number of carboxylic acids is 2. The molecule has 0 spiro atoms. The first kappa shape index (κ1) is 17.4. The Morgan fingerprint density at radius 1 is 1.05 bits per heavy atom. The van der Waals surface area contributed by atoms with Crippen LogP contribution in [0, 0.1) is 0 Å². The van der Waals surface area contributed by atoms with Gasteiger partial charge in [0.1, 0.15) is 16.4 Å². The zero-order valence-corrected chi connectivity index (χ0v) is 11.4. The van der Waals surface area contributed by atoms with Gasteiger partial charge in [0, 0.05) is 19.2 Å². The molecule has 0 unspecified atom stereocenters. The summed E-state index contributed by atoms with van der Waals surface area (Å²) in [7, 11) is -3.18. The number of sulfone groups is 1. The first-order chi connectivity index (χ1) is 8.61. The molecule has 0 bridgehead atoms. The molecule has 0 aromatic rings. The lowest BCUT2D eigenvalue weighted by molar-refractivity contribution is -0.146. The molecule has 0 aliphatic rings. The van der Waals surface area contributed by atoms with Gasteiger partial charge in [0.2, 0.25) is 5.91 Å². The molecule has 0 aromatic heterocycles. The minimum absolute atomic E-state index is 0.0842. The monoisotopic (exact) mass is 295 g/mol. The molecule has 0 fully saturated rings. The number of carbonyl (C=O) groups excluding carboxylic acids is 1. The molecule has 0 atom stereocenters. The molecule has 9 heteroatoms. The molecule has 0 saturated heterocycles. The fraction of sp³-hybridized carbons (Fsp3) is 0.700. The van der Waals surface area contributed by atoms with Crippen LogP contribution in [0.5, 0.6) is 0 Å². The van der Waals surface area contributed by atoms with Crippen molar-refractivity contribution < 1.29 is 33.0 Å². The van der Waals surface area contributed by atoms with Gasteiger partial charge in [-0.25, -0.2) is 8.42 Å². The molecule has 0 heterocycles. The molecule has 1 amide bonds. The van der Waals surface area contributed by atoms with E-state index in [2.05, 4.69) is 0 Å². The molecule has 0 rings (SSSR count). The first-order valence-electron chi connectivity index (χ1n) is 5.51. The van der Waals surface area contributed by atoms with Crippen molar-refractivity contribution >= 4 is 27.7 Å². The summed E-state index contributed by atoms with van der Waals surface area (Å²) in [5.74, 6) is -3.12. The van der Waals surface area contributed by atoms with Crippen LogP contribution in [0.2, 0.25) is 0 Å². The maximum atomic E-state index is 11.7. The maximum Gasteiger partial charge on any atom is 0.323 e. The van der Waals surface area contributed by atoms with E-state index < -0.39 is 34.2 Å². The zero-order valence-electron chi connectivity index (χ0n) is 10.5. The van der Waals surface area contributed by atoms with E-state index in [9.17, 15) is 22.8 Å². The summed E-state index contributed by atoms with van der Waals surface area (Å²) >= 11 is 0. The molecule has 0 aliphatic carbocycles. The highest BCUT2D eigenvalue weighted by Gasteiger charge is 2.18. The second-order valence-corrected chi connectivity index (χ2v) is 6.35. The molecular formula is C10H17NO7S.